The Hall–Kier alpha value is -3.06. The minimum Gasteiger partial charge on any atom is -0.496 e. The Morgan fingerprint density at radius 3 is 2.45 bits per heavy atom. The molecule has 3 aromatic rings. The van der Waals surface area contributed by atoms with Crippen molar-refractivity contribution in [1.82, 2.24) is 15.0 Å². The maximum absolute atomic E-state index is 5.78. The van der Waals surface area contributed by atoms with Gasteiger partial charge in [0.05, 0.1) is 31.5 Å². The van der Waals surface area contributed by atoms with Crippen LogP contribution in [0.3, 0.4) is 0 Å². The van der Waals surface area contributed by atoms with Gasteiger partial charge in [-0.2, -0.15) is 4.98 Å². The van der Waals surface area contributed by atoms with Crippen LogP contribution in [0.25, 0.3) is 11.4 Å². The molecule has 0 N–H and O–H groups in total. The van der Waals surface area contributed by atoms with Gasteiger partial charge < -0.3 is 18.9 Å². The zero-order valence-electron chi connectivity index (χ0n) is 16.9. The smallest absolute Gasteiger partial charge is 0.241 e. The number of nitrogens with zero attached hydrogens (tertiary/aromatic N) is 4. The maximum atomic E-state index is 5.78. The van der Waals surface area contributed by atoms with Crippen molar-refractivity contribution in [2.45, 2.75) is 13.5 Å². The van der Waals surface area contributed by atoms with Gasteiger partial charge in [0, 0.05) is 26.2 Å². The first-order valence-electron chi connectivity index (χ1n) is 9.93. The van der Waals surface area contributed by atoms with E-state index in [0.717, 1.165) is 48.9 Å². The summed E-state index contributed by atoms with van der Waals surface area (Å²) in [4.78, 5) is 9.27. The molecule has 0 saturated carbocycles. The monoisotopic (exact) mass is 394 g/mol. The Kier molecular flexibility index (Phi) is 5.95. The van der Waals surface area contributed by atoms with Gasteiger partial charge in [0.15, 0.2) is 0 Å². The fraction of sp³-hybridized carbons (Fsp3) is 0.364. The van der Waals surface area contributed by atoms with E-state index in [0.29, 0.717) is 24.9 Å². The topological polar surface area (TPSA) is 63.9 Å². The van der Waals surface area contributed by atoms with E-state index in [1.165, 1.54) is 0 Å². The van der Waals surface area contributed by atoms with Gasteiger partial charge in [0.2, 0.25) is 11.7 Å². The summed E-state index contributed by atoms with van der Waals surface area (Å²) in [5.74, 6) is 2.86. The molecule has 1 aliphatic rings. The number of para-hydroxylation sites is 3. The minimum absolute atomic E-state index is 0.557. The van der Waals surface area contributed by atoms with Crippen LogP contribution < -0.4 is 14.4 Å². The molecule has 2 heterocycles. The van der Waals surface area contributed by atoms with Crippen LogP contribution in [-0.4, -0.2) is 54.9 Å². The number of piperazine rings is 1. The van der Waals surface area contributed by atoms with Crippen LogP contribution in [0.2, 0.25) is 0 Å². The summed E-state index contributed by atoms with van der Waals surface area (Å²) >= 11 is 0. The zero-order valence-corrected chi connectivity index (χ0v) is 16.9. The SMILES string of the molecule is CCOc1ccccc1N1CCN(Cc2nc(-c3ccccc3OC)no2)CC1. The Bertz CT molecular complexity index is 935. The Morgan fingerprint density at radius 2 is 1.69 bits per heavy atom. The van der Waals surface area contributed by atoms with Crippen molar-refractivity contribution < 1.29 is 14.0 Å². The van der Waals surface area contributed by atoms with Crippen LogP contribution in [0.5, 0.6) is 11.5 Å². The van der Waals surface area contributed by atoms with Crippen LogP contribution in [0.15, 0.2) is 53.1 Å². The van der Waals surface area contributed by atoms with E-state index in [4.69, 9.17) is 14.0 Å². The molecular weight excluding hydrogens is 368 g/mol. The van der Waals surface area contributed by atoms with Crippen LogP contribution in [0.4, 0.5) is 5.69 Å². The summed E-state index contributed by atoms with van der Waals surface area (Å²) in [5.41, 5.74) is 1.99. The summed E-state index contributed by atoms with van der Waals surface area (Å²) < 4.78 is 16.7. The molecule has 2 aromatic carbocycles. The molecular formula is C22H26N4O3. The van der Waals surface area contributed by atoms with Gasteiger partial charge >= 0.3 is 0 Å². The first-order chi connectivity index (χ1) is 14.3. The lowest BCUT2D eigenvalue weighted by Crippen LogP contribution is -2.46. The number of benzene rings is 2. The summed E-state index contributed by atoms with van der Waals surface area (Å²) in [6.45, 7) is 7.03. The lowest BCUT2D eigenvalue weighted by Gasteiger charge is -2.36. The van der Waals surface area contributed by atoms with Gasteiger partial charge in [-0.3, -0.25) is 4.90 Å². The first-order valence-corrected chi connectivity index (χ1v) is 9.93. The molecule has 1 fully saturated rings. The van der Waals surface area contributed by atoms with Crippen LogP contribution in [0.1, 0.15) is 12.8 Å². The van der Waals surface area contributed by atoms with Crippen molar-refractivity contribution >= 4 is 5.69 Å². The molecule has 0 spiro atoms. The number of ether oxygens (including phenoxy) is 2. The average Bonchev–Trinajstić information content (AvgIpc) is 3.23. The van der Waals surface area contributed by atoms with Crippen LogP contribution in [-0.2, 0) is 6.54 Å². The molecule has 0 bridgehead atoms. The minimum atomic E-state index is 0.557. The second kappa shape index (κ2) is 8.96. The Morgan fingerprint density at radius 1 is 0.966 bits per heavy atom. The molecule has 7 nitrogen and oxygen atoms in total. The predicted octanol–water partition coefficient (Wildman–Crippen LogP) is 3.47. The lowest BCUT2D eigenvalue weighted by molar-refractivity contribution is 0.215. The van der Waals surface area contributed by atoms with E-state index in [2.05, 4.69) is 32.1 Å². The average molecular weight is 394 g/mol. The molecule has 1 aliphatic heterocycles. The van der Waals surface area contributed by atoms with E-state index in [-0.39, 0.29) is 0 Å². The van der Waals surface area contributed by atoms with Crippen molar-refractivity contribution in [1.29, 1.82) is 0 Å². The normalized spacial score (nSPS) is 14.8. The molecule has 0 atom stereocenters. The summed E-state index contributed by atoms with van der Waals surface area (Å²) in [5, 5.41) is 4.14. The standard InChI is InChI=1S/C22H26N4O3/c1-3-28-20-11-7-5-9-18(20)26-14-12-25(13-15-26)16-21-23-22(24-29-21)17-8-4-6-10-19(17)27-2/h4-11H,3,12-16H2,1-2H3. The van der Waals surface area contributed by atoms with Crippen molar-refractivity contribution in [2.75, 3.05) is 44.8 Å². The quantitative estimate of drug-likeness (QED) is 0.608. The molecule has 1 saturated heterocycles. The summed E-state index contributed by atoms with van der Waals surface area (Å²) in [6, 6.07) is 15.9. The molecule has 0 unspecified atom stereocenters. The van der Waals surface area contributed by atoms with Gasteiger partial charge in [-0.1, -0.05) is 29.4 Å². The van der Waals surface area contributed by atoms with Gasteiger partial charge in [-0.15, -0.1) is 0 Å². The zero-order chi connectivity index (χ0) is 20.1. The number of anilines is 1. The van der Waals surface area contributed by atoms with Gasteiger partial charge in [-0.05, 0) is 31.2 Å². The molecule has 29 heavy (non-hydrogen) atoms. The fourth-order valence-electron chi connectivity index (χ4n) is 3.59. The van der Waals surface area contributed by atoms with Crippen LogP contribution in [0, 0.1) is 0 Å². The highest BCUT2D eigenvalue weighted by Gasteiger charge is 2.22. The largest absolute Gasteiger partial charge is 0.496 e. The Labute approximate surface area is 170 Å². The molecule has 152 valence electrons. The maximum Gasteiger partial charge on any atom is 0.241 e. The lowest BCUT2D eigenvalue weighted by atomic mass is 10.2. The predicted molar refractivity (Wildman–Crippen MR) is 111 cm³/mol. The van der Waals surface area contributed by atoms with E-state index in [1.807, 2.05) is 43.3 Å². The third-order valence-electron chi connectivity index (χ3n) is 5.05. The second-order valence-corrected chi connectivity index (χ2v) is 6.88. The summed E-state index contributed by atoms with van der Waals surface area (Å²) in [7, 11) is 1.64. The van der Waals surface area contributed by atoms with Crippen molar-refractivity contribution in [3.63, 3.8) is 0 Å². The first kappa shape index (κ1) is 19.3. The van der Waals surface area contributed by atoms with Crippen LogP contribution >= 0.6 is 0 Å². The van der Waals surface area contributed by atoms with Gasteiger partial charge in [0.25, 0.3) is 0 Å². The molecule has 0 amide bonds. The highest BCUT2D eigenvalue weighted by Crippen LogP contribution is 2.29. The molecule has 0 radical (unpaired) electrons. The number of hydrogen-bond donors (Lipinski definition) is 0. The van der Waals surface area contributed by atoms with Gasteiger partial charge in [-0.25, -0.2) is 0 Å². The molecule has 0 aliphatic carbocycles. The number of aromatic nitrogens is 2. The molecule has 7 heteroatoms. The third-order valence-corrected chi connectivity index (χ3v) is 5.05. The van der Waals surface area contributed by atoms with Crippen molar-refractivity contribution in [3.8, 4) is 22.9 Å². The number of rotatable bonds is 7. The molecule has 4 rings (SSSR count). The van der Waals surface area contributed by atoms with E-state index in [1.54, 1.807) is 7.11 Å². The van der Waals surface area contributed by atoms with Crippen molar-refractivity contribution in [3.05, 3.63) is 54.4 Å². The Balaban J connectivity index is 1.38. The van der Waals surface area contributed by atoms with E-state index < -0.39 is 0 Å². The number of methoxy groups -OCH3 is 1. The summed E-state index contributed by atoms with van der Waals surface area (Å²) in [6.07, 6.45) is 0. The highest BCUT2D eigenvalue weighted by atomic mass is 16.5. The second-order valence-electron chi connectivity index (χ2n) is 6.88. The third kappa shape index (κ3) is 4.35. The fourth-order valence-corrected chi connectivity index (χ4v) is 3.59. The van der Waals surface area contributed by atoms with E-state index >= 15 is 0 Å². The highest BCUT2D eigenvalue weighted by molar-refractivity contribution is 5.63. The van der Waals surface area contributed by atoms with E-state index in [9.17, 15) is 0 Å². The molecule has 1 aromatic heterocycles. The van der Waals surface area contributed by atoms with Gasteiger partial charge in [0.1, 0.15) is 11.5 Å². The van der Waals surface area contributed by atoms with Crippen molar-refractivity contribution in [2.24, 2.45) is 0 Å². The number of hydrogen-bond acceptors (Lipinski definition) is 7.